The van der Waals surface area contributed by atoms with Crippen LogP contribution in [0.4, 0.5) is 0 Å². The largest absolute Gasteiger partial charge is 0.379 e. The first kappa shape index (κ1) is 8.87. The van der Waals surface area contributed by atoms with Crippen LogP contribution in [0.25, 0.3) is 0 Å². The summed E-state index contributed by atoms with van der Waals surface area (Å²) in [7, 11) is 1.78. The van der Waals surface area contributed by atoms with Crippen LogP contribution in [-0.4, -0.2) is 18.3 Å². The van der Waals surface area contributed by atoms with Crippen molar-refractivity contribution >= 4 is 23.4 Å². The van der Waals surface area contributed by atoms with Crippen LogP contribution < -0.4 is 5.32 Å². The van der Waals surface area contributed by atoms with Gasteiger partial charge in [0.1, 0.15) is 4.99 Å². The summed E-state index contributed by atoms with van der Waals surface area (Å²) in [5.41, 5.74) is 1.75. The van der Waals surface area contributed by atoms with Gasteiger partial charge in [-0.2, -0.15) is 0 Å². The van der Waals surface area contributed by atoms with Gasteiger partial charge < -0.3 is 10.7 Å². The highest BCUT2D eigenvalue weighted by molar-refractivity contribution is 7.80. The van der Waals surface area contributed by atoms with Gasteiger partial charge in [0.15, 0.2) is 0 Å². The van der Waals surface area contributed by atoms with Gasteiger partial charge in [-0.1, -0.05) is 36.5 Å². The Morgan fingerprint density at radius 2 is 2.17 bits per heavy atom. The van der Waals surface area contributed by atoms with Gasteiger partial charge in [-0.25, -0.2) is 0 Å². The quantitative estimate of drug-likeness (QED) is 0.533. The summed E-state index contributed by atoms with van der Waals surface area (Å²) in [6.45, 7) is 0. The summed E-state index contributed by atoms with van der Waals surface area (Å²) >= 11 is 5.06. The fourth-order valence-corrected chi connectivity index (χ4v) is 1.15. The third kappa shape index (κ3) is 1.68. The predicted octanol–water partition coefficient (Wildman–Crippen LogP) is 1.58. The van der Waals surface area contributed by atoms with Gasteiger partial charge in [-0.15, -0.1) is 0 Å². The maximum Gasteiger partial charge on any atom is 0.106 e. The average molecular weight is 178 g/mol. The molecule has 1 rings (SSSR count). The van der Waals surface area contributed by atoms with Gasteiger partial charge in [0.25, 0.3) is 0 Å². The monoisotopic (exact) mass is 178 g/mol. The Bertz CT molecular complexity index is 307. The molecule has 3 heteroatoms. The second kappa shape index (κ2) is 3.97. The van der Waals surface area contributed by atoms with Crippen molar-refractivity contribution < 1.29 is 0 Å². The number of hydrogen-bond donors (Lipinski definition) is 2. The smallest absolute Gasteiger partial charge is 0.106 e. The predicted molar refractivity (Wildman–Crippen MR) is 55.1 cm³/mol. The molecule has 0 saturated carbocycles. The molecular formula is C9H10N2S. The Balaban J connectivity index is 3.13. The Labute approximate surface area is 77.1 Å². The summed E-state index contributed by atoms with van der Waals surface area (Å²) in [5.74, 6) is 0. The molecule has 0 unspecified atom stereocenters. The molecule has 0 aliphatic heterocycles. The highest BCUT2D eigenvalue weighted by Crippen LogP contribution is 2.05. The van der Waals surface area contributed by atoms with Crippen LogP contribution in [-0.2, 0) is 0 Å². The summed E-state index contributed by atoms with van der Waals surface area (Å²) < 4.78 is 0. The van der Waals surface area contributed by atoms with Crippen molar-refractivity contribution in [3.8, 4) is 0 Å². The summed E-state index contributed by atoms with van der Waals surface area (Å²) in [4.78, 5) is 0.675. The molecule has 0 aliphatic carbocycles. The van der Waals surface area contributed by atoms with Crippen molar-refractivity contribution in [3.63, 3.8) is 0 Å². The average Bonchev–Trinajstić information content (AvgIpc) is 2.16. The molecule has 62 valence electrons. The summed E-state index contributed by atoms with van der Waals surface area (Å²) in [5, 5.41) is 10.0. The van der Waals surface area contributed by atoms with Crippen LogP contribution in [0, 0.1) is 5.41 Å². The van der Waals surface area contributed by atoms with Crippen LogP contribution in [0.2, 0.25) is 0 Å². The highest BCUT2D eigenvalue weighted by Gasteiger charge is 2.01. The van der Waals surface area contributed by atoms with Crippen molar-refractivity contribution in [1.29, 1.82) is 5.41 Å². The van der Waals surface area contributed by atoms with Crippen molar-refractivity contribution in [3.05, 3.63) is 35.4 Å². The molecule has 0 amide bonds. The minimum atomic E-state index is 0.675. The maximum absolute atomic E-state index is 7.14. The number of nitrogens with one attached hydrogen (secondary N) is 2. The maximum atomic E-state index is 7.14. The molecule has 0 atom stereocenters. The third-order valence-corrected chi connectivity index (χ3v) is 2.01. The lowest BCUT2D eigenvalue weighted by Gasteiger charge is -2.05. The van der Waals surface area contributed by atoms with E-state index in [4.69, 9.17) is 17.6 Å². The van der Waals surface area contributed by atoms with Crippen molar-refractivity contribution in [2.45, 2.75) is 0 Å². The molecule has 0 bridgehead atoms. The van der Waals surface area contributed by atoms with Crippen LogP contribution in [0.5, 0.6) is 0 Å². The molecule has 0 heterocycles. The van der Waals surface area contributed by atoms with Crippen LogP contribution in [0.1, 0.15) is 11.1 Å². The van der Waals surface area contributed by atoms with Crippen molar-refractivity contribution in [1.82, 2.24) is 5.32 Å². The van der Waals surface area contributed by atoms with E-state index in [9.17, 15) is 0 Å². The van der Waals surface area contributed by atoms with Crippen LogP contribution in [0.15, 0.2) is 24.3 Å². The zero-order valence-corrected chi connectivity index (χ0v) is 7.61. The number of benzene rings is 1. The zero-order chi connectivity index (χ0) is 8.97. The van der Waals surface area contributed by atoms with Crippen molar-refractivity contribution in [2.24, 2.45) is 0 Å². The number of hydrogen-bond acceptors (Lipinski definition) is 2. The van der Waals surface area contributed by atoms with Gasteiger partial charge >= 0.3 is 0 Å². The molecule has 0 aliphatic rings. The van der Waals surface area contributed by atoms with E-state index in [2.05, 4.69) is 5.32 Å². The topological polar surface area (TPSA) is 35.9 Å². The van der Waals surface area contributed by atoms with E-state index in [1.165, 1.54) is 6.21 Å². The molecule has 1 aromatic rings. The fourth-order valence-electron chi connectivity index (χ4n) is 0.964. The lowest BCUT2D eigenvalue weighted by atomic mass is 10.1. The second-order valence-corrected chi connectivity index (χ2v) is 2.72. The molecule has 12 heavy (non-hydrogen) atoms. The Hall–Kier alpha value is -1.22. The first-order valence-electron chi connectivity index (χ1n) is 3.61. The summed E-state index contributed by atoms with van der Waals surface area (Å²) in [6, 6.07) is 7.57. The lowest BCUT2D eigenvalue weighted by molar-refractivity contribution is 1.20. The van der Waals surface area contributed by atoms with Gasteiger partial charge in [-0.3, -0.25) is 0 Å². The van der Waals surface area contributed by atoms with E-state index in [1.807, 2.05) is 24.3 Å². The molecule has 0 aromatic heterocycles. The van der Waals surface area contributed by atoms with E-state index < -0.39 is 0 Å². The number of thiocarbonyl (C=S) groups is 1. The van der Waals surface area contributed by atoms with Gasteiger partial charge in [0.05, 0.1) is 0 Å². The molecular weight excluding hydrogens is 168 g/mol. The van der Waals surface area contributed by atoms with E-state index in [-0.39, 0.29) is 0 Å². The molecule has 2 N–H and O–H groups in total. The van der Waals surface area contributed by atoms with E-state index in [0.29, 0.717) is 4.99 Å². The molecule has 2 nitrogen and oxygen atoms in total. The zero-order valence-electron chi connectivity index (χ0n) is 6.79. The number of rotatable bonds is 2. The van der Waals surface area contributed by atoms with E-state index in [0.717, 1.165) is 11.1 Å². The Kier molecular flexibility index (Phi) is 2.94. The second-order valence-electron chi connectivity index (χ2n) is 2.31. The van der Waals surface area contributed by atoms with Gasteiger partial charge in [0.2, 0.25) is 0 Å². The molecule has 0 spiro atoms. The first-order valence-corrected chi connectivity index (χ1v) is 4.02. The third-order valence-electron chi connectivity index (χ3n) is 1.59. The SMILES string of the molecule is CNC(=S)c1ccccc1C=N. The van der Waals surface area contributed by atoms with Gasteiger partial charge in [-0.05, 0) is 0 Å². The normalized spacial score (nSPS) is 9.08. The van der Waals surface area contributed by atoms with Crippen LogP contribution >= 0.6 is 12.2 Å². The standard InChI is InChI=1S/C9H10N2S/c1-11-9(12)8-5-3-2-4-7(8)6-10/h2-6,10H,1H3,(H,11,12). The molecule has 1 aromatic carbocycles. The Morgan fingerprint density at radius 3 is 2.75 bits per heavy atom. The molecule has 0 fully saturated rings. The van der Waals surface area contributed by atoms with Gasteiger partial charge in [0, 0.05) is 24.4 Å². The first-order chi connectivity index (χ1) is 5.79. The molecule has 0 saturated heterocycles. The van der Waals surface area contributed by atoms with Crippen LogP contribution in [0.3, 0.4) is 0 Å². The van der Waals surface area contributed by atoms with E-state index in [1.54, 1.807) is 7.05 Å². The summed E-state index contributed by atoms with van der Waals surface area (Å²) in [6.07, 6.45) is 1.30. The minimum absolute atomic E-state index is 0.675. The molecule has 0 radical (unpaired) electrons. The highest BCUT2D eigenvalue weighted by atomic mass is 32.1. The van der Waals surface area contributed by atoms with Crippen molar-refractivity contribution in [2.75, 3.05) is 7.05 Å². The fraction of sp³-hybridized carbons (Fsp3) is 0.111. The lowest BCUT2D eigenvalue weighted by Crippen LogP contribution is -2.17. The Morgan fingerprint density at radius 1 is 1.50 bits per heavy atom. The minimum Gasteiger partial charge on any atom is -0.379 e. The van der Waals surface area contributed by atoms with E-state index >= 15 is 0 Å².